The van der Waals surface area contributed by atoms with Crippen LogP contribution in [0.15, 0.2) is 35.3 Å². The Morgan fingerprint density at radius 1 is 1.20 bits per heavy atom. The van der Waals surface area contributed by atoms with Crippen LogP contribution in [0.5, 0.6) is 0 Å². The van der Waals surface area contributed by atoms with Gasteiger partial charge in [0.15, 0.2) is 0 Å². The number of aromatic nitrogens is 3. The molecule has 35 heavy (non-hydrogen) atoms. The summed E-state index contributed by atoms with van der Waals surface area (Å²) in [5.74, 6) is -0.267. The van der Waals surface area contributed by atoms with Gasteiger partial charge in [0.1, 0.15) is 17.9 Å². The molecule has 9 heteroatoms. The van der Waals surface area contributed by atoms with Crippen molar-refractivity contribution in [1.82, 2.24) is 19.2 Å². The van der Waals surface area contributed by atoms with Crippen molar-refractivity contribution in [2.75, 3.05) is 25.1 Å². The number of nitriles is 1. The first kappa shape index (κ1) is 24.9. The second kappa shape index (κ2) is 9.80. The van der Waals surface area contributed by atoms with Crippen LogP contribution in [0, 0.1) is 17.1 Å². The Morgan fingerprint density at radius 3 is 2.63 bits per heavy atom. The van der Waals surface area contributed by atoms with E-state index in [-0.39, 0.29) is 42.2 Å². The minimum Gasteiger partial charge on any atom is -0.377 e. The van der Waals surface area contributed by atoms with Gasteiger partial charge in [-0.25, -0.2) is 4.39 Å². The zero-order chi connectivity index (χ0) is 25.4. The molecule has 0 aliphatic carbocycles. The number of benzene rings is 1. The second-order valence-electron chi connectivity index (χ2n) is 9.52. The predicted molar refractivity (Wildman–Crippen MR) is 134 cm³/mol. The summed E-state index contributed by atoms with van der Waals surface area (Å²) in [5.41, 5.74) is 4.03. The predicted octanol–water partition coefficient (Wildman–Crippen LogP) is 3.77. The van der Waals surface area contributed by atoms with Crippen molar-refractivity contribution in [3.63, 3.8) is 0 Å². The smallest absolute Gasteiger partial charge is 0.252 e. The molecule has 4 atom stereocenters. The Bertz CT molecular complexity index is 1330. The highest BCUT2D eigenvalue weighted by Gasteiger charge is 2.35. The Balaban J connectivity index is 1.67. The zero-order valence-electron chi connectivity index (χ0n) is 21.2. The molecule has 3 aromatic rings. The van der Waals surface area contributed by atoms with E-state index < -0.39 is 0 Å². The first-order chi connectivity index (χ1) is 16.7. The number of rotatable bonds is 6. The Labute approximate surface area is 205 Å². The summed E-state index contributed by atoms with van der Waals surface area (Å²) in [4.78, 5) is 17.4. The lowest BCUT2D eigenvalue weighted by Crippen LogP contribution is -2.57. The average Bonchev–Trinajstić information content (AvgIpc) is 3.26. The topological polar surface area (TPSA) is 79.3 Å². The van der Waals surface area contributed by atoms with Crippen LogP contribution >= 0.6 is 0 Å². The number of hydrogen-bond donors (Lipinski definition) is 0. The summed E-state index contributed by atoms with van der Waals surface area (Å²) in [5, 5.41) is 13.7. The highest BCUT2D eigenvalue weighted by molar-refractivity contribution is 5.88. The van der Waals surface area contributed by atoms with E-state index in [1.165, 1.54) is 6.07 Å². The van der Waals surface area contributed by atoms with Gasteiger partial charge < -0.3 is 14.2 Å². The molecule has 1 aromatic carbocycles. The van der Waals surface area contributed by atoms with Gasteiger partial charge in [-0.05, 0) is 51.0 Å². The van der Waals surface area contributed by atoms with Crippen molar-refractivity contribution in [1.29, 1.82) is 5.26 Å². The number of ether oxygens (including phenoxy) is 1. The molecule has 1 aliphatic heterocycles. The fourth-order valence-corrected chi connectivity index (χ4v) is 5.22. The molecule has 1 fully saturated rings. The normalized spacial score (nSPS) is 20.7. The van der Waals surface area contributed by atoms with Crippen LogP contribution < -0.4 is 10.5 Å². The fourth-order valence-electron chi connectivity index (χ4n) is 5.22. The first-order valence-electron chi connectivity index (χ1n) is 11.9. The van der Waals surface area contributed by atoms with Gasteiger partial charge in [0.2, 0.25) is 0 Å². The van der Waals surface area contributed by atoms with Gasteiger partial charge in [-0.3, -0.25) is 14.4 Å². The molecule has 0 spiro atoms. The minimum absolute atomic E-state index is 0.0568. The molecule has 186 valence electrons. The molecule has 2 aromatic heterocycles. The van der Waals surface area contributed by atoms with E-state index in [4.69, 9.17) is 10.00 Å². The fraction of sp³-hybridized carbons (Fsp3) is 0.500. The van der Waals surface area contributed by atoms with Gasteiger partial charge in [0.25, 0.3) is 5.56 Å². The molecule has 0 saturated carbocycles. The number of halogens is 1. The van der Waals surface area contributed by atoms with Gasteiger partial charge in [-0.1, -0.05) is 6.07 Å². The van der Waals surface area contributed by atoms with Crippen molar-refractivity contribution in [3.05, 3.63) is 57.8 Å². The monoisotopic (exact) mass is 480 g/mol. The summed E-state index contributed by atoms with van der Waals surface area (Å²) in [6, 6.07) is 9.02. The van der Waals surface area contributed by atoms with Gasteiger partial charge in [0.05, 0.1) is 29.6 Å². The molecule has 1 unspecified atom stereocenters. The summed E-state index contributed by atoms with van der Waals surface area (Å²) < 4.78 is 22.7. The Kier molecular flexibility index (Phi) is 6.97. The van der Waals surface area contributed by atoms with Crippen molar-refractivity contribution in [2.45, 2.75) is 58.5 Å². The van der Waals surface area contributed by atoms with Crippen molar-refractivity contribution < 1.29 is 9.13 Å². The van der Waals surface area contributed by atoms with Crippen LogP contribution in [-0.2, 0) is 18.3 Å². The van der Waals surface area contributed by atoms with E-state index in [0.717, 1.165) is 28.9 Å². The first-order valence-corrected chi connectivity index (χ1v) is 11.9. The lowest BCUT2D eigenvalue weighted by Gasteiger charge is -2.48. The molecule has 4 rings (SSSR count). The second-order valence-corrected chi connectivity index (χ2v) is 9.52. The third kappa shape index (κ3) is 4.56. The van der Waals surface area contributed by atoms with Crippen LogP contribution in [0.4, 0.5) is 10.1 Å². The van der Waals surface area contributed by atoms with Gasteiger partial charge in [0, 0.05) is 51.4 Å². The Hall–Kier alpha value is -3.22. The quantitative estimate of drug-likeness (QED) is 0.535. The average molecular weight is 481 g/mol. The molecule has 0 N–H and O–H groups in total. The molecule has 0 amide bonds. The molecule has 0 radical (unpaired) electrons. The summed E-state index contributed by atoms with van der Waals surface area (Å²) >= 11 is 0. The van der Waals surface area contributed by atoms with E-state index in [9.17, 15) is 9.18 Å². The number of nitrogens with zero attached hydrogens (tertiary/aromatic N) is 6. The van der Waals surface area contributed by atoms with Crippen molar-refractivity contribution in [3.8, 4) is 6.07 Å². The van der Waals surface area contributed by atoms with E-state index in [1.807, 2.05) is 13.0 Å². The third-order valence-electron chi connectivity index (χ3n) is 7.30. The zero-order valence-corrected chi connectivity index (χ0v) is 21.2. The third-order valence-corrected chi connectivity index (χ3v) is 7.30. The minimum atomic E-state index is -0.267. The van der Waals surface area contributed by atoms with E-state index in [1.54, 1.807) is 41.7 Å². The molecule has 0 bridgehead atoms. The van der Waals surface area contributed by atoms with Crippen LogP contribution in [0.1, 0.15) is 51.0 Å². The van der Waals surface area contributed by atoms with E-state index in [0.29, 0.717) is 12.1 Å². The molecule has 3 heterocycles. The van der Waals surface area contributed by atoms with Crippen LogP contribution in [-0.4, -0.2) is 51.5 Å². The number of hydrogen-bond acceptors (Lipinski definition) is 6. The maximum atomic E-state index is 14.0. The van der Waals surface area contributed by atoms with E-state index >= 15 is 0 Å². The molecule has 1 saturated heterocycles. The number of fused-ring (bicyclic) bond motifs is 1. The number of piperazine rings is 1. The van der Waals surface area contributed by atoms with Crippen molar-refractivity contribution >= 4 is 16.7 Å². The Morgan fingerprint density at radius 2 is 1.94 bits per heavy atom. The number of anilines is 1. The highest BCUT2D eigenvalue weighted by Crippen LogP contribution is 2.35. The van der Waals surface area contributed by atoms with Gasteiger partial charge >= 0.3 is 0 Å². The number of pyridine rings is 1. The standard InChI is InChI=1S/C26H33FN6O2/c1-16-14-33(23-12-25(34)30(5)24-15-31(10-9-28)29-26(23)24)17(2)13-32(16)18(3)21-8-7-20(27)11-22(21)19(4)35-6/h7-8,11-12,15-19H,10,13-14H2,1-6H3/t16-,17+,18+,19?/m1/s1. The lowest BCUT2D eigenvalue weighted by atomic mass is 9.94. The van der Waals surface area contributed by atoms with Gasteiger partial charge in [-0.15, -0.1) is 0 Å². The summed E-state index contributed by atoms with van der Waals surface area (Å²) in [6.45, 7) is 9.99. The highest BCUT2D eigenvalue weighted by atomic mass is 19.1. The largest absolute Gasteiger partial charge is 0.377 e. The van der Waals surface area contributed by atoms with Crippen LogP contribution in [0.2, 0.25) is 0 Å². The van der Waals surface area contributed by atoms with Gasteiger partial charge in [-0.2, -0.15) is 10.4 Å². The number of aryl methyl sites for hydroxylation is 1. The maximum Gasteiger partial charge on any atom is 0.252 e. The lowest BCUT2D eigenvalue weighted by molar-refractivity contribution is 0.104. The maximum absolute atomic E-state index is 14.0. The summed E-state index contributed by atoms with van der Waals surface area (Å²) in [7, 11) is 3.36. The summed E-state index contributed by atoms with van der Waals surface area (Å²) in [6.07, 6.45) is 1.54. The molecular weight excluding hydrogens is 447 g/mol. The van der Waals surface area contributed by atoms with Crippen LogP contribution in [0.25, 0.3) is 11.0 Å². The van der Waals surface area contributed by atoms with Crippen molar-refractivity contribution in [2.24, 2.45) is 7.05 Å². The van der Waals surface area contributed by atoms with E-state index in [2.05, 4.69) is 41.7 Å². The van der Waals surface area contributed by atoms with Crippen LogP contribution in [0.3, 0.4) is 0 Å². The number of methoxy groups -OCH3 is 1. The molecular formula is C26H33FN6O2. The molecule has 8 nitrogen and oxygen atoms in total. The molecule has 1 aliphatic rings. The SMILES string of the molecule is COC(C)c1cc(F)ccc1[C@H](C)N1C[C@H](C)N(c2cc(=O)n(C)c3cn(CC#N)nc23)C[C@H]1C.